The van der Waals surface area contributed by atoms with Crippen LogP contribution in [0.5, 0.6) is 5.75 Å². The molecule has 1 aromatic carbocycles. The summed E-state index contributed by atoms with van der Waals surface area (Å²) < 4.78 is 11.4. The van der Waals surface area contributed by atoms with Crippen LogP contribution in [0.15, 0.2) is 24.3 Å². The van der Waals surface area contributed by atoms with E-state index in [1.165, 1.54) is 0 Å². The van der Waals surface area contributed by atoms with Crippen molar-refractivity contribution in [3.63, 3.8) is 0 Å². The monoisotopic (exact) mass is 349 g/mol. The molecule has 138 valence electrons. The summed E-state index contributed by atoms with van der Waals surface area (Å²) in [6.45, 7) is 6.80. The van der Waals surface area contributed by atoms with Crippen LogP contribution in [0, 0.1) is 6.92 Å². The van der Waals surface area contributed by atoms with Gasteiger partial charge in [-0.05, 0) is 38.0 Å². The average molecular weight is 349 g/mol. The first-order valence-electron chi connectivity index (χ1n) is 8.60. The van der Waals surface area contributed by atoms with E-state index in [1.54, 1.807) is 4.90 Å². The number of primary amides is 1. The molecule has 0 aromatic heterocycles. The molecule has 1 heterocycles. The van der Waals surface area contributed by atoms with E-state index in [1.807, 2.05) is 45.0 Å². The molecule has 1 aliphatic heterocycles. The summed E-state index contributed by atoms with van der Waals surface area (Å²) in [6.07, 6.45) is -0.365. The van der Waals surface area contributed by atoms with Crippen molar-refractivity contribution < 1.29 is 19.1 Å². The van der Waals surface area contributed by atoms with Gasteiger partial charge >= 0.3 is 6.03 Å². The lowest BCUT2D eigenvalue weighted by atomic mass is 10.2. The molecule has 2 rings (SSSR count). The maximum absolute atomic E-state index is 12.4. The van der Waals surface area contributed by atoms with E-state index in [0.717, 1.165) is 17.7 Å². The Morgan fingerprint density at radius 3 is 2.84 bits per heavy atom. The minimum atomic E-state index is -0.764. The number of nitrogens with one attached hydrogen (secondary N) is 1. The second kappa shape index (κ2) is 8.71. The van der Waals surface area contributed by atoms with Gasteiger partial charge in [-0.15, -0.1) is 0 Å². The molecule has 3 atom stereocenters. The highest BCUT2D eigenvalue weighted by Gasteiger charge is 2.31. The first kappa shape index (κ1) is 19.1. The number of nitrogens with zero attached hydrogens (tertiary/aromatic N) is 1. The number of hydrogen-bond acceptors (Lipinski definition) is 4. The quantitative estimate of drug-likeness (QED) is 0.812. The van der Waals surface area contributed by atoms with Crippen molar-refractivity contribution in [2.24, 2.45) is 5.73 Å². The fraction of sp³-hybridized carbons (Fsp3) is 0.556. The summed E-state index contributed by atoms with van der Waals surface area (Å²) in [5, 5.41) is 2.87. The lowest BCUT2D eigenvalue weighted by Gasteiger charge is -2.35. The number of carbonyl (C=O) groups is 2. The Morgan fingerprint density at radius 2 is 2.20 bits per heavy atom. The van der Waals surface area contributed by atoms with E-state index in [2.05, 4.69) is 5.32 Å². The predicted molar refractivity (Wildman–Crippen MR) is 94.4 cm³/mol. The van der Waals surface area contributed by atoms with Gasteiger partial charge in [-0.2, -0.15) is 0 Å². The maximum Gasteiger partial charge on any atom is 0.317 e. The van der Waals surface area contributed by atoms with Crippen molar-refractivity contribution in [3.8, 4) is 5.75 Å². The highest BCUT2D eigenvalue weighted by molar-refractivity contribution is 5.81. The molecule has 0 spiro atoms. The summed E-state index contributed by atoms with van der Waals surface area (Å²) in [7, 11) is 0. The largest absolute Gasteiger partial charge is 0.489 e. The Balaban J connectivity index is 1.87. The molecule has 0 bridgehead atoms. The van der Waals surface area contributed by atoms with Crippen LogP contribution in [0.3, 0.4) is 0 Å². The van der Waals surface area contributed by atoms with E-state index < -0.39 is 12.0 Å². The van der Waals surface area contributed by atoms with Crippen molar-refractivity contribution in [2.75, 3.05) is 19.6 Å². The fourth-order valence-electron chi connectivity index (χ4n) is 2.74. The zero-order chi connectivity index (χ0) is 18.4. The number of carbonyl (C=O) groups excluding carboxylic acids is 2. The molecule has 0 unspecified atom stereocenters. The summed E-state index contributed by atoms with van der Waals surface area (Å²) in [5.74, 6) is 0.230. The molecular formula is C18H27N3O4. The number of amides is 3. The van der Waals surface area contributed by atoms with E-state index >= 15 is 0 Å². The zero-order valence-electron chi connectivity index (χ0n) is 15.0. The van der Waals surface area contributed by atoms with Crippen LogP contribution in [-0.2, 0) is 9.53 Å². The first-order chi connectivity index (χ1) is 11.9. The van der Waals surface area contributed by atoms with Gasteiger partial charge in [-0.1, -0.05) is 19.1 Å². The van der Waals surface area contributed by atoms with Gasteiger partial charge in [0.05, 0.1) is 19.2 Å². The molecule has 3 N–H and O–H groups in total. The van der Waals surface area contributed by atoms with Crippen LogP contribution in [0.2, 0.25) is 0 Å². The lowest BCUT2D eigenvalue weighted by Crippen LogP contribution is -2.56. The molecule has 3 amide bonds. The minimum absolute atomic E-state index is 0.129. The summed E-state index contributed by atoms with van der Waals surface area (Å²) in [4.78, 5) is 25.3. The first-order valence-corrected chi connectivity index (χ1v) is 8.60. The maximum atomic E-state index is 12.4. The number of rotatable bonds is 6. The molecule has 0 saturated carbocycles. The SMILES string of the molecule is CC[C@@H](CNC(=O)N1C[C@@H](C)O[C@H](C(N)=O)C1)Oc1cccc(C)c1. The van der Waals surface area contributed by atoms with Crippen molar-refractivity contribution in [3.05, 3.63) is 29.8 Å². The Hall–Kier alpha value is -2.28. The molecule has 0 radical (unpaired) electrons. The standard InChI is InChI=1S/C18H27N3O4/c1-4-14(25-15-7-5-6-12(2)8-15)9-20-18(23)21-10-13(3)24-16(11-21)17(19)22/h5-8,13-14,16H,4,9-11H2,1-3H3,(H2,19,22)(H,20,23)/t13-,14+,16+/m1/s1. The predicted octanol–water partition coefficient (Wildman–Crippen LogP) is 1.44. The highest BCUT2D eigenvalue weighted by atomic mass is 16.5. The van der Waals surface area contributed by atoms with Crippen LogP contribution in [0.1, 0.15) is 25.8 Å². The van der Waals surface area contributed by atoms with Crippen molar-refractivity contribution in [1.29, 1.82) is 0 Å². The second-order valence-electron chi connectivity index (χ2n) is 6.39. The van der Waals surface area contributed by atoms with Crippen molar-refractivity contribution in [2.45, 2.75) is 45.5 Å². The Kier molecular flexibility index (Phi) is 6.64. The normalized spacial score (nSPS) is 21.5. The average Bonchev–Trinajstić information content (AvgIpc) is 2.57. The third-order valence-electron chi connectivity index (χ3n) is 4.09. The Morgan fingerprint density at radius 1 is 1.44 bits per heavy atom. The molecule has 7 nitrogen and oxygen atoms in total. The number of benzene rings is 1. The second-order valence-corrected chi connectivity index (χ2v) is 6.39. The third-order valence-corrected chi connectivity index (χ3v) is 4.09. The molecule has 1 saturated heterocycles. The number of hydrogen-bond donors (Lipinski definition) is 2. The van der Waals surface area contributed by atoms with Gasteiger partial charge in [-0.25, -0.2) is 4.79 Å². The molecule has 1 aliphatic rings. The summed E-state index contributed by atoms with van der Waals surface area (Å²) in [6, 6.07) is 7.57. The van der Waals surface area contributed by atoms with E-state index in [-0.39, 0.29) is 24.8 Å². The van der Waals surface area contributed by atoms with Crippen molar-refractivity contribution in [1.82, 2.24) is 10.2 Å². The van der Waals surface area contributed by atoms with Crippen LogP contribution in [0.4, 0.5) is 4.79 Å². The van der Waals surface area contributed by atoms with Gasteiger partial charge in [0.25, 0.3) is 0 Å². The van der Waals surface area contributed by atoms with Gasteiger partial charge in [0.15, 0.2) is 6.10 Å². The van der Waals surface area contributed by atoms with Gasteiger partial charge in [0.1, 0.15) is 11.9 Å². The van der Waals surface area contributed by atoms with Gasteiger partial charge < -0.3 is 25.4 Å². The van der Waals surface area contributed by atoms with Gasteiger partial charge in [0.2, 0.25) is 5.91 Å². The van der Waals surface area contributed by atoms with E-state index in [4.69, 9.17) is 15.2 Å². The smallest absolute Gasteiger partial charge is 0.317 e. The lowest BCUT2D eigenvalue weighted by molar-refractivity contribution is -0.139. The Labute approximate surface area is 148 Å². The summed E-state index contributed by atoms with van der Waals surface area (Å²) in [5.41, 5.74) is 6.41. The number of nitrogens with two attached hydrogens (primary N) is 1. The number of morpholine rings is 1. The van der Waals surface area contributed by atoms with Gasteiger partial charge in [-0.3, -0.25) is 4.79 Å². The fourth-order valence-corrected chi connectivity index (χ4v) is 2.74. The zero-order valence-corrected chi connectivity index (χ0v) is 15.0. The minimum Gasteiger partial charge on any atom is -0.489 e. The highest BCUT2D eigenvalue weighted by Crippen LogP contribution is 2.15. The number of aryl methyl sites for hydroxylation is 1. The third kappa shape index (κ3) is 5.63. The molecule has 1 fully saturated rings. The van der Waals surface area contributed by atoms with Crippen LogP contribution >= 0.6 is 0 Å². The number of urea groups is 1. The van der Waals surface area contributed by atoms with Crippen LogP contribution in [0.25, 0.3) is 0 Å². The summed E-state index contributed by atoms with van der Waals surface area (Å²) >= 11 is 0. The van der Waals surface area contributed by atoms with Crippen LogP contribution in [-0.4, -0.2) is 54.8 Å². The van der Waals surface area contributed by atoms with E-state index in [9.17, 15) is 9.59 Å². The Bertz CT molecular complexity index is 608. The van der Waals surface area contributed by atoms with Crippen molar-refractivity contribution >= 4 is 11.9 Å². The molecule has 1 aromatic rings. The molecule has 0 aliphatic carbocycles. The molecule has 7 heteroatoms. The molecule has 25 heavy (non-hydrogen) atoms. The van der Waals surface area contributed by atoms with Gasteiger partial charge in [0, 0.05) is 6.54 Å². The van der Waals surface area contributed by atoms with Crippen LogP contribution < -0.4 is 15.8 Å². The van der Waals surface area contributed by atoms with E-state index in [0.29, 0.717) is 13.1 Å². The number of ether oxygens (including phenoxy) is 2. The topological polar surface area (TPSA) is 93.9 Å². The molecular weight excluding hydrogens is 322 g/mol.